The number of carboxylic acids is 1. The van der Waals surface area contributed by atoms with E-state index in [0.717, 1.165) is 19.2 Å². The van der Waals surface area contributed by atoms with Crippen LogP contribution in [0.3, 0.4) is 0 Å². The van der Waals surface area contributed by atoms with Gasteiger partial charge in [0.1, 0.15) is 0 Å². The van der Waals surface area contributed by atoms with Crippen molar-refractivity contribution >= 4 is 51.6 Å². The van der Waals surface area contributed by atoms with Gasteiger partial charge in [-0.2, -0.15) is 8.42 Å². The molecule has 0 saturated heterocycles. The molecule has 7 nitrogen and oxygen atoms in total. The summed E-state index contributed by atoms with van der Waals surface area (Å²) in [5, 5.41) is 8.82. The molecule has 0 amide bonds. The van der Waals surface area contributed by atoms with Crippen LogP contribution in [0.1, 0.15) is 20.7 Å². The van der Waals surface area contributed by atoms with E-state index in [-0.39, 0.29) is 35.1 Å². The summed E-state index contributed by atoms with van der Waals surface area (Å²) in [6.45, 7) is 0. The first kappa shape index (κ1) is 17.1. The molecule has 9 heteroatoms. The fraction of sp³-hybridized carbons (Fsp3) is 0.111. The Balaban J connectivity index is 0.00000289. The quantitative estimate of drug-likeness (QED) is 0.447. The van der Waals surface area contributed by atoms with Gasteiger partial charge in [0.25, 0.3) is 10.1 Å². The average Bonchev–Trinajstić information content (AvgIpc) is 2.25. The van der Waals surface area contributed by atoms with Crippen LogP contribution in [0.2, 0.25) is 0 Å². The standard InChI is InChI=1S/C9H8O7S.Na.H/c1-16-9(12)6-3-2-5(17(13,14)15)4-7(6)8(10)11;;/h2-4H,1H3,(H,10,11)(H,13,14,15);;. The van der Waals surface area contributed by atoms with E-state index in [1.54, 1.807) is 0 Å². The van der Waals surface area contributed by atoms with Crippen molar-refractivity contribution in [1.29, 1.82) is 0 Å². The molecule has 0 aromatic heterocycles. The van der Waals surface area contributed by atoms with E-state index < -0.39 is 32.5 Å². The van der Waals surface area contributed by atoms with Crippen LogP contribution in [0, 0.1) is 0 Å². The van der Waals surface area contributed by atoms with Crippen LogP contribution in [-0.2, 0) is 14.9 Å². The number of ether oxygens (including phenoxy) is 1. The molecule has 0 aliphatic carbocycles. The van der Waals surface area contributed by atoms with Gasteiger partial charge in [-0.3, -0.25) is 4.55 Å². The number of aromatic carboxylic acids is 1. The molecule has 1 rings (SSSR count). The minimum absolute atomic E-state index is 0. The summed E-state index contributed by atoms with van der Waals surface area (Å²) in [5.41, 5.74) is -0.862. The molecule has 0 bridgehead atoms. The monoisotopic (exact) mass is 284 g/mol. The topological polar surface area (TPSA) is 118 Å². The van der Waals surface area contributed by atoms with Crippen LogP contribution >= 0.6 is 0 Å². The van der Waals surface area contributed by atoms with Crippen LogP contribution < -0.4 is 0 Å². The van der Waals surface area contributed by atoms with Gasteiger partial charge in [0.05, 0.1) is 23.1 Å². The zero-order valence-electron chi connectivity index (χ0n) is 8.58. The van der Waals surface area contributed by atoms with Gasteiger partial charge in [0, 0.05) is 0 Å². The molecule has 0 aliphatic rings. The number of rotatable bonds is 3. The second-order valence-corrected chi connectivity index (χ2v) is 4.40. The van der Waals surface area contributed by atoms with E-state index in [1.165, 1.54) is 0 Å². The zero-order chi connectivity index (χ0) is 13.2. The maximum atomic E-state index is 11.2. The Kier molecular flexibility index (Phi) is 5.97. The number of carboxylic acid groups (broad SMARTS) is 1. The third-order valence-electron chi connectivity index (χ3n) is 1.92. The van der Waals surface area contributed by atoms with Crippen molar-refractivity contribution in [2.75, 3.05) is 7.11 Å². The van der Waals surface area contributed by atoms with Crippen molar-refractivity contribution in [1.82, 2.24) is 0 Å². The van der Waals surface area contributed by atoms with Gasteiger partial charge < -0.3 is 9.84 Å². The third kappa shape index (κ3) is 3.79. The van der Waals surface area contributed by atoms with Crippen molar-refractivity contribution in [2.45, 2.75) is 4.90 Å². The molecule has 0 spiro atoms. The van der Waals surface area contributed by atoms with E-state index in [2.05, 4.69) is 4.74 Å². The second-order valence-electron chi connectivity index (χ2n) is 2.98. The van der Waals surface area contributed by atoms with Crippen LogP contribution in [0.4, 0.5) is 0 Å². The van der Waals surface area contributed by atoms with Crippen molar-refractivity contribution < 1.29 is 32.4 Å². The summed E-state index contributed by atoms with van der Waals surface area (Å²) in [7, 11) is -3.46. The Bertz CT molecular complexity index is 579. The van der Waals surface area contributed by atoms with E-state index in [9.17, 15) is 18.0 Å². The Morgan fingerprint density at radius 3 is 2.17 bits per heavy atom. The molecular formula is C9H9NaO7S. The summed E-state index contributed by atoms with van der Waals surface area (Å²) in [6.07, 6.45) is 0. The number of carbonyl (C=O) groups excluding carboxylic acids is 1. The third-order valence-corrected chi connectivity index (χ3v) is 2.77. The maximum absolute atomic E-state index is 11.2. The molecule has 0 atom stereocenters. The zero-order valence-corrected chi connectivity index (χ0v) is 9.39. The van der Waals surface area contributed by atoms with Gasteiger partial charge in [0.2, 0.25) is 0 Å². The van der Waals surface area contributed by atoms with Crippen molar-refractivity contribution in [2.24, 2.45) is 0 Å². The Labute approximate surface area is 125 Å². The first-order valence-electron chi connectivity index (χ1n) is 4.20. The van der Waals surface area contributed by atoms with Gasteiger partial charge in [-0.05, 0) is 18.2 Å². The Morgan fingerprint density at radius 1 is 1.22 bits per heavy atom. The van der Waals surface area contributed by atoms with Gasteiger partial charge in [-0.1, -0.05) is 0 Å². The summed E-state index contributed by atoms with van der Waals surface area (Å²) in [6, 6.07) is 2.55. The predicted octanol–water partition coefficient (Wildman–Crippen LogP) is -0.230. The normalized spacial score (nSPS) is 10.3. The molecular weight excluding hydrogens is 275 g/mol. The first-order chi connectivity index (χ1) is 7.77. The summed E-state index contributed by atoms with van der Waals surface area (Å²) in [4.78, 5) is 21.4. The fourth-order valence-electron chi connectivity index (χ4n) is 1.15. The molecule has 2 N–H and O–H groups in total. The van der Waals surface area contributed by atoms with Gasteiger partial charge in [-0.15, -0.1) is 0 Å². The molecule has 0 aliphatic heterocycles. The number of carbonyl (C=O) groups is 2. The molecule has 0 unspecified atom stereocenters. The fourth-order valence-corrected chi connectivity index (χ4v) is 1.66. The van der Waals surface area contributed by atoms with Crippen molar-refractivity contribution in [3.8, 4) is 0 Å². The Morgan fingerprint density at radius 2 is 1.78 bits per heavy atom. The van der Waals surface area contributed by atoms with Gasteiger partial charge in [-0.25, -0.2) is 9.59 Å². The molecule has 18 heavy (non-hydrogen) atoms. The molecule has 1 aromatic carbocycles. The van der Waals surface area contributed by atoms with Gasteiger partial charge >= 0.3 is 41.5 Å². The van der Waals surface area contributed by atoms with Crippen molar-refractivity contribution in [3.63, 3.8) is 0 Å². The van der Waals surface area contributed by atoms with E-state index in [0.29, 0.717) is 6.07 Å². The first-order valence-corrected chi connectivity index (χ1v) is 5.64. The number of esters is 1. The van der Waals surface area contributed by atoms with Crippen LogP contribution in [0.5, 0.6) is 0 Å². The number of hydrogen-bond donors (Lipinski definition) is 2. The summed E-state index contributed by atoms with van der Waals surface area (Å²) in [5.74, 6) is -2.42. The van der Waals surface area contributed by atoms with E-state index >= 15 is 0 Å². The SMILES string of the molecule is COC(=O)c1ccc(S(=O)(=O)O)cc1C(=O)O.[NaH]. The minimum atomic E-state index is -4.52. The second kappa shape index (κ2) is 6.30. The van der Waals surface area contributed by atoms with Crippen LogP contribution in [0.15, 0.2) is 23.1 Å². The number of benzene rings is 1. The van der Waals surface area contributed by atoms with E-state index in [4.69, 9.17) is 9.66 Å². The number of hydrogen-bond acceptors (Lipinski definition) is 5. The molecule has 0 radical (unpaired) electrons. The summed E-state index contributed by atoms with van der Waals surface area (Å²) >= 11 is 0. The molecule has 1 aromatic rings. The van der Waals surface area contributed by atoms with Crippen molar-refractivity contribution in [3.05, 3.63) is 29.3 Å². The van der Waals surface area contributed by atoms with Gasteiger partial charge in [0.15, 0.2) is 0 Å². The molecule has 0 saturated carbocycles. The predicted molar refractivity (Wildman–Crippen MR) is 61.7 cm³/mol. The van der Waals surface area contributed by atoms with Crippen LogP contribution in [0.25, 0.3) is 0 Å². The van der Waals surface area contributed by atoms with E-state index in [1.807, 2.05) is 0 Å². The summed E-state index contributed by atoms with van der Waals surface area (Å²) < 4.78 is 34.7. The Hall–Kier alpha value is -0.930. The van der Waals surface area contributed by atoms with Crippen LogP contribution in [-0.4, -0.2) is 66.7 Å². The average molecular weight is 284 g/mol. The molecule has 0 heterocycles. The number of methoxy groups -OCH3 is 1. The molecule has 94 valence electrons. The molecule has 0 fully saturated rings.